The van der Waals surface area contributed by atoms with E-state index in [9.17, 15) is 9.18 Å². The van der Waals surface area contributed by atoms with Gasteiger partial charge in [-0.2, -0.15) is 0 Å². The highest BCUT2D eigenvalue weighted by Crippen LogP contribution is 2.29. The molecule has 2 aromatic rings. The molecule has 0 aliphatic carbocycles. The van der Waals surface area contributed by atoms with Crippen molar-refractivity contribution < 1.29 is 18.7 Å². The SMILES string of the molecule is COC=C(C(=O)OC)c1ccccc1C=C(F)c1nc(C(C)C)cs1. The van der Waals surface area contributed by atoms with Crippen LogP contribution in [0.4, 0.5) is 4.39 Å². The lowest BCUT2D eigenvalue weighted by molar-refractivity contribution is -0.133. The van der Waals surface area contributed by atoms with Gasteiger partial charge in [0.05, 0.1) is 26.2 Å². The third-order valence-corrected chi connectivity index (χ3v) is 4.36. The molecule has 0 saturated heterocycles. The Hall–Kier alpha value is -2.47. The average molecular weight is 361 g/mol. The molecule has 0 amide bonds. The Kier molecular flexibility index (Phi) is 6.47. The zero-order valence-corrected chi connectivity index (χ0v) is 15.4. The van der Waals surface area contributed by atoms with Crippen LogP contribution in [0, 0.1) is 0 Å². The molecule has 2 rings (SSSR count). The van der Waals surface area contributed by atoms with Crippen molar-refractivity contribution >= 4 is 34.8 Å². The second-order valence-corrected chi connectivity index (χ2v) is 6.43. The van der Waals surface area contributed by atoms with Crippen molar-refractivity contribution in [2.45, 2.75) is 19.8 Å². The first-order valence-electron chi connectivity index (χ1n) is 7.71. The van der Waals surface area contributed by atoms with E-state index >= 15 is 0 Å². The quantitative estimate of drug-likeness (QED) is 0.417. The maximum Gasteiger partial charge on any atom is 0.341 e. The molecule has 0 unspecified atom stereocenters. The number of benzene rings is 1. The molecule has 0 bridgehead atoms. The van der Waals surface area contributed by atoms with Crippen molar-refractivity contribution in [3.05, 3.63) is 57.7 Å². The maximum absolute atomic E-state index is 14.7. The smallest absolute Gasteiger partial charge is 0.341 e. The molecule has 4 nitrogen and oxygen atoms in total. The maximum atomic E-state index is 14.7. The lowest BCUT2D eigenvalue weighted by atomic mass is 10.00. The Morgan fingerprint density at radius 1 is 1.28 bits per heavy atom. The number of thiazole rings is 1. The van der Waals surface area contributed by atoms with Crippen LogP contribution in [0.5, 0.6) is 0 Å². The van der Waals surface area contributed by atoms with E-state index in [0.29, 0.717) is 16.1 Å². The van der Waals surface area contributed by atoms with Crippen LogP contribution in [0.2, 0.25) is 0 Å². The summed E-state index contributed by atoms with van der Waals surface area (Å²) in [4.78, 5) is 16.3. The highest BCUT2D eigenvalue weighted by Gasteiger charge is 2.17. The van der Waals surface area contributed by atoms with Gasteiger partial charge in [0.15, 0.2) is 10.8 Å². The first-order valence-corrected chi connectivity index (χ1v) is 8.59. The molecule has 0 fully saturated rings. The Balaban J connectivity index is 2.45. The van der Waals surface area contributed by atoms with Gasteiger partial charge in [-0.25, -0.2) is 14.2 Å². The third-order valence-electron chi connectivity index (χ3n) is 3.49. The molecule has 1 aromatic heterocycles. The third kappa shape index (κ3) is 4.54. The normalized spacial score (nSPS) is 12.4. The summed E-state index contributed by atoms with van der Waals surface area (Å²) in [6, 6.07) is 6.96. The first kappa shape index (κ1) is 18.9. The van der Waals surface area contributed by atoms with Crippen molar-refractivity contribution in [3.8, 4) is 0 Å². The summed E-state index contributed by atoms with van der Waals surface area (Å²) in [5.41, 5.74) is 2.13. The summed E-state index contributed by atoms with van der Waals surface area (Å²) in [6.45, 7) is 4.02. The largest absolute Gasteiger partial charge is 0.503 e. The van der Waals surface area contributed by atoms with E-state index in [2.05, 4.69) is 4.98 Å². The topological polar surface area (TPSA) is 48.4 Å². The number of nitrogens with zero attached hydrogens (tertiary/aromatic N) is 1. The Morgan fingerprint density at radius 3 is 2.60 bits per heavy atom. The van der Waals surface area contributed by atoms with E-state index in [-0.39, 0.29) is 11.5 Å². The lowest BCUT2D eigenvalue weighted by Crippen LogP contribution is -2.05. The summed E-state index contributed by atoms with van der Waals surface area (Å²) >= 11 is 1.26. The molecule has 0 radical (unpaired) electrons. The monoisotopic (exact) mass is 361 g/mol. The van der Waals surface area contributed by atoms with Crippen LogP contribution < -0.4 is 0 Å². The predicted octanol–water partition coefficient (Wildman–Crippen LogP) is 4.89. The molecule has 25 heavy (non-hydrogen) atoms. The molecule has 0 spiro atoms. The molecule has 1 aromatic carbocycles. The fraction of sp³-hybridized carbons (Fsp3) is 0.263. The number of carbonyl (C=O) groups is 1. The van der Waals surface area contributed by atoms with Crippen LogP contribution in [0.25, 0.3) is 17.5 Å². The Bertz CT molecular complexity index is 809. The van der Waals surface area contributed by atoms with E-state index in [1.165, 1.54) is 37.9 Å². The lowest BCUT2D eigenvalue weighted by Gasteiger charge is -2.09. The minimum absolute atomic E-state index is 0.214. The Labute approximate surface area is 150 Å². The van der Waals surface area contributed by atoms with Gasteiger partial charge in [0.2, 0.25) is 0 Å². The highest BCUT2D eigenvalue weighted by molar-refractivity contribution is 7.10. The number of aromatic nitrogens is 1. The van der Waals surface area contributed by atoms with Gasteiger partial charge in [-0.1, -0.05) is 38.1 Å². The summed E-state index contributed by atoms with van der Waals surface area (Å²) in [5.74, 6) is -0.772. The minimum Gasteiger partial charge on any atom is -0.503 e. The molecule has 0 N–H and O–H groups in total. The summed E-state index contributed by atoms with van der Waals surface area (Å²) in [7, 11) is 2.72. The van der Waals surface area contributed by atoms with Crippen molar-refractivity contribution in [2.75, 3.05) is 14.2 Å². The van der Waals surface area contributed by atoms with Gasteiger partial charge in [0.25, 0.3) is 0 Å². The first-order chi connectivity index (χ1) is 12.0. The van der Waals surface area contributed by atoms with Crippen molar-refractivity contribution in [1.29, 1.82) is 0 Å². The van der Waals surface area contributed by atoms with Gasteiger partial charge in [-0.05, 0) is 23.1 Å². The van der Waals surface area contributed by atoms with E-state index < -0.39 is 11.8 Å². The van der Waals surface area contributed by atoms with E-state index in [0.717, 1.165) is 5.69 Å². The Morgan fingerprint density at radius 2 is 2.00 bits per heavy atom. The zero-order valence-electron chi connectivity index (χ0n) is 14.6. The number of hydrogen-bond acceptors (Lipinski definition) is 5. The zero-order chi connectivity index (χ0) is 18.4. The number of methoxy groups -OCH3 is 2. The van der Waals surface area contributed by atoms with Crippen LogP contribution >= 0.6 is 11.3 Å². The standard InChI is InChI=1S/C19H20FNO3S/c1-12(2)17-11-25-18(21-17)16(20)9-13-7-5-6-8-14(13)15(10-23-3)19(22)24-4/h5-12H,1-4H3. The fourth-order valence-electron chi connectivity index (χ4n) is 2.18. The van der Waals surface area contributed by atoms with E-state index in [1.807, 2.05) is 19.2 Å². The average Bonchev–Trinajstić information content (AvgIpc) is 3.10. The van der Waals surface area contributed by atoms with Crippen molar-refractivity contribution in [1.82, 2.24) is 4.98 Å². The molecule has 1 heterocycles. The molecule has 0 saturated carbocycles. The van der Waals surface area contributed by atoms with E-state index in [4.69, 9.17) is 9.47 Å². The molecule has 6 heteroatoms. The number of esters is 1. The van der Waals surface area contributed by atoms with Crippen LogP contribution in [0.15, 0.2) is 35.9 Å². The summed E-state index contributed by atoms with van der Waals surface area (Å²) in [5, 5.41) is 2.16. The second kappa shape index (κ2) is 8.58. The number of carbonyl (C=O) groups excluding carboxylic acids is 1. The second-order valence-electron chi connectivity index (χ2n) is 5.57. The molecule has 0 aliphatic heterocycles. The van der Waals surface area contributed by atoms with Gasteiger partial charge in [0.1, 0.15) is 5.57 Å². The van der Waals surface area contributed by atoms with Crippen molar-refractivity contribution in [3.63, 3.8) is 0 Å². The molecular formula is C19H20FNO3S. The predicted molar refractivity (Wildman–Crippen MR) is 98.6 cm³/mol. The number of halogens is 1. The molecule has 0 aliphatic rings. The van der Waals surface area contributed by atoms with Crippen molar-refractivity contribution in [2.24, 2.45) is 0 Å². The van der Waals surface area contributed by atoms with E-state index in [1.54, 1.807) is 24.3 Å². The highest BCUT2D eigenvalue weighted by atomic mass is 32.1. The van der Waals surface area contributed by atoms with Gasteiger partial charge >= 0.3 is 5.97 Å². The van der Waals surface area contributed by atoms with Crippen LogP contribution in [0.1, 0.15) is 41.6 Å². The number of rotatable bonds is 6. The van der Waals surface area contributed by atoms with Crippen LogP contribution in [0.3, 0.4) is 0 Å². The number of ether oxygens (including phenoxy) is 2. The fourth-order valence-corrected chi connectivity index (χ4v) is 3.06. The van der Waals surface area contributed by atoms with Crippen LogP contribution in [-0.4, -0.2) is 25.2 Å². The number of hydrogen-bond donors (Lipinski definition) is 0. The summed E-state index contributed by atoms with van der Waals surface area (Å²) in [6.07, 6.45) is 2.65. The molecular weight excluding hydrogens is 341 g/mol. The van der Waals surface area contributed by atoms with Gasteiger partial charge in [-0.15, -0.1) is 11.3 Å². The van der Waals surface area contributed by atoms with Gasteiger partial charge in [0, 0.05) is 5.38 Å². The molecule has 0 atom stereocenters. The molecule has 132 valence electrons. The van der Waals surface area contributed by atoms with Crippen LogP contribution in [-0.2, 0) is 14.3 Å². The summed E-state index contributed by atoms with van der Waals surface area (Å²) < 4.78 is 24.4. The van der Waals surface area contributed by atoms with Gasteiger partial charge in [-0.3, -0.25) is 0 Å². The van der Waals surface area contributed by atoms with Gasteiger partial charge < -0.3 is 9.47 Å². The minimum atomic E-state index is -0.556.